The van der Waals surface area contributed by atoms with Gasteiger partial charge in [-0.05, 0) is 137 Å². The second-order valence-corrected chi connectivity index (χ2v) is 16.7. The standard InChI is InChI=1S/C50H68O5/c1-9-12-13-14-37-15-17-40(18-16-37)45-22-19-41(31-38(45)10-2)42-20-23-46(39(11-3)32-42)43-21-24-47(44(33-43)25-29-55-48(53)36(4)5)54-30-28-50(34-51,35-52)27-26-49(6,7)8/h15-24,31-33,48,51-53H,4,9-14,25-30,34-35H2,1-3,5-8H3. The highest BCUT2D eigenvalue weighted by molar-refractivity contribution is 5.77. The van der Waals surface area contributed by atoms with E-state index < -0.39 is 11.7 Å². The first-order valence-electron chi connectivity index (χ1n) is 20.6. The SMILES string of the molecule is C=C(C)C(O)OCCc1cc(-c2ccc(-c3ccc(-c4ccc(CCCCC)cc4)c(CC)c3)cc2CC)ccc1OCCC(CO)(CO)CCC(C)(C)C. The summed E-state index contributed by atoms with van der Waals surface area (Å²) in [4.78, 5) is 0. The molecule has 0 aromatic heterocycles. The number of aliphatic hydroxyl groups excluding tert-OH is 3. The van der Waals surface area contributed by atoms with Crippen LogP contribution in [0, 0.1) is 10.8 Å². The molecule has 5 heteroatoms. The molecule has 1 atom stereocenters. The van der Waals surface area contributed by atoms with E-state index in [-0.39, 0.29) is 18.6 Å². The van der Waals surface area contributed by atoms with Gasteiger partial charge in [0.15, 0.2) is 6.29 Å². The lowest BCUT2D eigenvalue weighted by Gasteiger charge is -2.32. The van der Waals surface area contributed by atoms with Gasteiger partial charge in [-0.15, -0.1) is 0 Å². The van der Waals surface area contributed by atoms with Crippen LogP contribution in [0.4, 0.5) is 0 Å². The van der Waals surface area contributed by atoms with Crippen molar-refractivity contribution < 1.29 is 24.8 Å². The van der Waals surface area contributed by atoms with Gasteiger partial charge in [0, 0.05) is 5.41 Å². The summed E-state index contributed by atoms with van der Waals surface area (Å²) in [6.07, 6.45) is 8.43. The van der Waals surface area contributed by atoms with Crippen LogP contribution >= 0.6 is 0 Å². The Morgan fingerprint density at radius 3 is 1.76 bits per heavy atom. The van der Waals surface area contributed by atoms with E-state index in [1.807, 2.05) is 6.07 Å². The van der Waals surface area contributed by atoms with Gasteiger partial charge in [0.2, 0.25) is 0 Å². The van der Waals surface area contributed by atoms with Gasteiger partial charge in [-0.2, -0.15) is 0 Å². The molecule has 0 saturated carbocycles. The van der Waals surface area contributed by atoms with Crippen molar-refractivity contribution in [2.24, 2.45) is 10.8 Å². The Bertz CT molecular complexity index is 1790. The van der Waals surface area contributed by atoms with Crippen molar-refractivity contribution in [1.82, 2.24) is 0 Å². The maximum Gasteiger partial charge on any atom is 0.176 e. The quantitative estimate of drug-likeness (QED) is 0.0424. The summed E-state index contributed by atoms with van der Waals surface area (Å²) in [6.45, 7) is 19.3. The first-order valence-corrected chi connectivity index (χ1v) is 20.6. The third kappa shape index (κ3) is 12.6. The molecular formula is C50H68O5. The molecule has 0 aliphatic carbocycles. The fourth-order valence-electron chi connectivity index (χ4n) is 7.14. The van der Waals surface area contributed by atoms with Crippen LogP contribution < -0.4 is 4.74 Å². The summed E-state index contributed by atoms with van der Waals surface area (Å²) in [7, 11) is 0. The molecule has 0 aliphatic rings. The predicted octanol–water partition coefficient (Wildman–Crippen LogP) is 11.6. The molecule has 3 N–H and O–H groups in total. The number of hydrogen-bond acceptors (Lipinski definition) is 5. The summed E-state index contributed by atoms with van der Waals surface area (Å²) >= 11 is 0. The van der Waals surface area contributed by atoms with Crippen molar-refractivity contribution in [3.63, 3.8) is 0 Å². The van der Waals surface area contributed by atoms with Gasteiger partial charge in [0.25, 0.3) is 0 Å². The van der Waals surface area contributed by atoms with Crippen LogP contribution in [0.2, 0.25) is 0 Å². The van der Waals surface area contributed by atoms with E-state index in [1.165, 1.54) is 63.8 Å². The Morgan fingerprint density at radius 1 is 0.655 bits per heavy atom. The molecule has 5 nitrogen and oxygen atoms in total. The molecule has 0 heterocycles. The predicted molar refractivity (Wildman–Crippen MR) is 231 cm³/mol. The van der Waals surface area contributed by atoms with Gasteiger partial charge in [0.05, 0.1) is 26.4 Å². The third-order valence-electron chi connectivity index (χ3n) is 11.0. The summed E-state index contributed by atoms with van der Waals surface area (Å²) in [5.74, 6) is 0.741. The Hall–Kier alpha value is -3.74. The number of unbranched alkanes of at least 4 members (excludes halogenated alkanes) is 2. The molecule has 0 saturated heterocycles. The lowest BCUT2D eigenvalue weighted by Crippen LogP contribution is -2.33. The second-order valence-electron chi connectivity index (χ2n) is 16.7. The van der Waals surface area contributed by atoms with Crippen molar-refractivity contribution >= 4 is 0 Å². The van der Waals surface area contributed by atoms with Crippen LogP contribution in [0.15, 0.2) is 91.0 Å². The highest BCUT2D eigenvalue weighted by Gasteiger charge is 2.30. The number of ether oxygens (including phenoxy) is 2. The molecule has 4 aromatic rings. The molecule has 0 aliphatic heterocycles. The van der Waals surface area contributed by atoms with Crippen LogP contribution in [0.3, 0.4) is 0 Å². The molecular weight excluding hydrogens is 681 g/mol. The number of rotatable bonds is 22. The van der Waals surface area contributed by atoms with E-state index in [1.54, 1.807) is 6.92 Å². The minimum Gasteiger partial charge on any atom is -0.493 e. The van der Waals surface area contributed by atoms with Crippen molar-refractivity contribution in [1.29, 1.82) is 0 Å². The molecule has 0 bridgehead atoms. The van der Waals surface area contributed by atoms with Gasteiger partial charge >= 0.3 is 0 Å². The lowest BCUT2D eigenvalue weighted by atomic mass is 9.76. The average Bonchev–Trinajstić information content (AvgIpc) is 3.19. The third-order valence-corrected chi connectivity index (χ3v) is 11.0. The zero-order valence-electron chi connectivity index (χ0n) is 34.8. The first-order chi connectivity index (χ1) is 26.4. The molecule has 1 unspecified atom stereocenters. The van der Waals surface area contributed by atoms with Crippen LogP contribution in [0.1, 0.15) is 109 Å². The van der Waals surface area contributed by atoms with Crippen molar-refractivity contribution in [2.75, 3.05) is 26.4 Å². The highest BCUT2D eigenvalue weighted by Crippen LogP contribution is 2.37. The molecule has 298 valence electrons. The summed E-state index contributed by atoms with van der Waals surface area (Å²) in [5.41, 5.74) is 12.3. The van der Waals surface area contributed by atoms with E-state index in [2.05, 4.69) is 121 Å². The fraction of sp³-hybridized carbons (Fsp3) is 0.480. The highest BCUT2D eigenvalue weighted by atomic mass is 16.6. The maximum atomic E-state index is 10.3. The molecule has 55 heavy (non-hydrogen) atoms. The molecule has 0 amide bonds. The Kier molecular flexibility index (Phi) is 16.8. The van der Waals surface area contributed by atoms with Gasteiger partial charge in [0.1, 0.15) is 5.75 Å². The lowest BCUT2D eigenvalue weighted by molar-refractivity contribution is -0.0706. The molecule has 4 aromatic carbocycles. The number of aliphatic hydroxyl groups is 3. The average molecular weight is 749 g/mol. The van der Waals surface area contributed by atoms with E-state index in [0.717, 1.165) is 49.0 Å². The Morgan fingerprint density at radius 2 is 1.22 bits per heavy atom. The van der Waals surface area contributed by atoms with Gasteiger partial charge < -0.3 is 24.8 Å². The van der Waals surface area contributed by atoms with E-state index in [4.69, 9.17) is 9.47 Å². The van der Waals surface area contributed by atoms with Gasteiger partial charge in [-0.1, -0.05) is 128 Å². The van der Waals surface area contributed by atoms with Crippen LogP contribution in [-0.4, -0.2) is 48.0 Å². The topological polar surface area (TPSA) is 79.2 Å². The second kappa shape index (κ2) is 21.0. The maximum absolute atomic E-state index is 10.3. The van der Waals surface area contributed by atoms with Crippen LogP contribution in [0.25, 0.3) is 33.4 Å². The number of hydrogen-bond donors (Lipinski definition) is 3. The van der Waals surface area contributed by atoms with E-state index >= 15 is 0 Å². The largest absolute Gasteiger partial charge is 0.493 e. The van der Waals surface area contributed by atoms with E-state index in [0.29, 0.717) is 31.6 Å². The normalized spacial score (nSPS) is 12.5. The number of aryl methyl sites for hydroxylation is 3. The van der Waals surface area contributed by atoms with Crippen molar-refractivity contribution in [3.05, 3.63) is 113 Å². The zero-order valence-corrected chi connectivity index (χ0v) is 34.8. The summed E-state index contributed by atoms with van der Waals surface area (Å²) in [5, 5.41) is 30.8. The van der Waals surface area contributed by atoms with Crippen LogP contribution in [0.5, 0.6) is 5.75 Å². The minimum absolute atomic E-state index is 0.0892. The summed E-state index contributed by atoms with van der Waals surface area (Å²) < 4.78 is 12.1. The Balaban J connectivity index is 1.59. The molecule has 0 fully saturated rings. The van der Waals surface area contributed by atoms with Crippen molar-refractivity contribution in [2.45, 2.75) is 119 Å². The molecule has 0 spiro atoms. The molecule has 4 rings (SSSR count). The smallest absolute Gasteiger partial charge is 0.176 e. The summed E-state index contributed by atoms with van der Waals surface area (Å²) in [6, 6.07) is 29.1. The number of benzene rings is 4. The molecule has 0 radical (unpaired) electrons. The van der Waals surface area contributed by atoms with Gasteiger partial charge in [-0.25, -0.2) is 0 Å². The minimum atomic E-state index is -1.02. The van der Waals surface area contributed by atoms with E-state index in [9.17, 15) is 15.3 Å². The van der Waals surface area contributed by atoms with Crippen LogP contribution in [-0.2, 0) is 30.4 Å². The zero-order chi connectivity index (χ0) is 40.0. The monoisotopic (exact) mass is 749 g/mol. The Labute approximate surface area is 332 Å². The first kappa shape index (κ1) is 44.0. The van der Waals surface area contributed by atoms with Crippen molar-refractivity contribution in [3.8, 4) is 39.1 Å². The fourth-order valence-corrected chi connectivity index (χ4v) is 7.14. The van der Waals surface area contributed by atoms with Gasteiger partial charge in [-0.3, -0.25) is 0 Å².